The van der Waals surface area contributed by atoms with Gasteiger partial charge in [0.25, 0.3) is 0 Å². The Morgan fingerprint density at radius 1 is 1.67 bits per heavy atom. The van der Waals surface area contributed by atoms with Crippen molar-refractivity contribution in [2.24, 2.45) is 0 Å². The van der Waals surface area contributed by atoms with Gasteiger partial charge >= 0.3 is 0 Å². The van der Waals surface area contributed by atoms with Gasteiger partial charge in [0.15, 0.2) is 5.78 Å². The molecule has 2 rings (SSSR count). The SMILES string of the molecule is Cc1cc(C(=O)CCCN2CCC(O)C2)c(Cl)s1. The fourth-order valence-electron chi connectivity index (χ4n) is 2.29. The van der Waals surface area contributed by atoms with Gasteiger partial charge in [0.1, 0.15) is 4.34 Å². The lowest BCUT2D eigenvalue weighted by Gasteiger charge is -2.13. The lowest BCUT2D eigenvalue weighted by Crippen LogP contribution is -2.23. The molecular weight excluding hydrogens is 270 g/mol. The number of aliphatic hydroxyl groups excluding tert-OH is 1. The van der Waals surface area contributed by atoms with Crippen LogP contribution in [0.4, 0.5) is 0 Å². The molecule has 0 aliphatic carbocycles. The number of hydrogen-bond donors (Lipinski definition) is 1. The number of Topliss-reactive ketones (excluding diaryl/α,β-unsaturated/α-hetero) is 1. The summed E-state index contributed by atoms with van der Waals surface area (Å²) in [6.07, 6.45) is 2.03. The van der Waals surface area contributed by atoms with Crippen LogP contribution in [-0.4, -0.2) is 41.5 Å². The summed E-state index contributed by atoms with van der Waals surface area (Å²) in [5.41, 5.74) is 0.667. The molecule has 0 radical (unpaired) electrons. The first-order chi connectivity index (χ1) is 8.56. The first kappa shape index (κ1) is 14.0. The molecule has 1 aromatic heterocycles. The Bertz CT molecular complexity index is 433. The minimum atomic E-state index is -0.185. The molecule has 18 heavy (non-hydrogen) atoms. The van der Waals surface area contributed by atoms with E-state index >= 15 is 0 Å². The summed E-state index contributed by atoms with van der Waals surface area (Å²) >= 11 is 7.48. The van der Waals surface area contributed by atoms with Crippen LogP contribution in [0, 0.1) is 6.92 Å². The van der Waals surface area contributed by atoms with E-state index in [0.717, 1.165) is 37.4 Å². The van der Waals surface area contributed by atoms with E-state index in [2.05, 4.69) is 4.90 Å². The van der Waals surface area contributed by atoms with Gasteiger partial charge in [-0.05, 0) is 32.4 Å². The van der Waals surface area contributed by atoms with Crippen LogP contribution >= 0.6 is 22.9 Å². The van der Waals surface area contributed by atoms with Gasteiger partial charge in [0.05, 0.1) is 6.10 Å². The number of carbonyl (C=O) groups excluding carboxylic acids is 1. The summed E-state index contributed by atoms with van der Waals surface area (Å²) in [5, 5.41) is 9.40. The first-order valence-corrected chi connectivity index (χ1v) is 7.45. The fourth-order valence-corrected chi connectivity index (χ4v) is 3.56. The number of likely N-dealkylation sites (tertiary alicyclic amines) is 1. The van der Waals surface area contributed by atoms with Crippen molar-refractivity contribution in [1.29, 1.82) is 0 Å². The van der Waals surface area contributed by atoms with Crippen molar-refractivity contribution in [2.75, 3.05) is 19.6 Å². The highest BCUT2D eigenvalue weighted by Crippen LogP contribution is 2.28. The number of aliphatic hydroxyl groups is 1. The maximum Gasteiger partial charge on any atom is 0.165 e. The minimum absolute atomic E-state index is 0.129. The molecule has 1 aliphatic rings. The summed E-state index contributed by atoms with van der Waals surface area (Å²) in [6.45, 7) is 4.52. The number of hydrogen-bond acceptors (Lipinski definition) is 4. The minimum Gasteiger partial charge on any atom is -0.392 e. The van der Waals surface area contributed by atoms with E-state index in [9.17, 15) is 9.90 Å². The molecule has 5 heteroatoms. The standard InChI is InChI=1S/C13H18ClNO2S/c1-9-7-11(13(14)18-9)12(17)3-2-5-15-6-4-10(16)8-15/h7,10,16H,2-6,8H2,1H3. The summed E-state index contributed by atoms with van der Waals surface area (Å²) in [7, 11) is 0. The summed E-state index contributed by atoms with van der Waals surface area (Å²) in [4.78, 5) is 15.3. The van der Waals surface area contributed by atoms with Crippen molar-refractivity contribution in [3.8, 4) is 0 Å². The van der Waals surface area contributed by atoms with Gasteiger partial charge in [-0.15, -0.1) is 11.3 Å². The second-order valence-electron chi connectivity index (χ2n) is 4.81. The van der Waals surface area contributed by atoms with Crippen LogP contribution in [0.25, 0.3) is 0 Å². The lowest BCUT2D eigenvalue weighted by atomic mass is 10.1. The zero-order chi connectivity index (χ0) is 13.1. The van der Waals surface area contributed by atoms with Crippen molar-refractivity contribution < 1.29 is 9.90 Å². The average Bonchev–Trinajstić information content (AvgIpc) is 2.85. The lowest BCUT2D eigenvalue weighted by molar-refractivity contribution is 0.0976. The summed E-state index contributed by atoms with van der Waals surface area (Å²) in [5.74, 6) is 0.129. The van der Waals surface area contributed by atoms with Gasteiger partial charge in [0.2, 0.25) is 0 Å². The number of nitrogens with zero attached hydrogens (tertiary/aromatic N) is 1. The molecule has 2 heterocycles. The van der Waals surface area contributed by atoms with Crippen molar-refractivity contribution in [3.05, 3.63) is 20.8 Å². The molecule has 0 spiro atoms. The van der Waals surface area contributed by atoms with E-state index in [4.69, 9.17) is 11.6 Å². The van der Waals surface area contributed by atoms with E-state index in [-0.39, 0.29) is 11.9 Å². The van der Waals surface area contributed by atoms with E-state index < -0.39 is 0 Å². The number of thiophene rings is 1. The molecule has 1 N–H and O–H groups in total. The first-order valence-electron chi connectivity index (χ1n) is 6.26. The molecule has 1 aromatic rings. The zero-order valence-electron chi connectivity index (χ0n) is 10.5. The van der Waals surface area contributed by atoms with E-state index in [1.54, 1.807) is 0 Å². The maximum atomic E-state index is 12.0. The quantitative estimate of drug-likeness (QED) is 0.847. The molecule has 1 unspecified atom stereocenters. The number of aryl methyl sites for hydroxylation is 1. The Labute approximate surface area is 116 Å². The van der Waals surface area contributed by atoms with Crippen molar-refractivity contribution >= 4 is 28.7 Å². The number of halogens is 1. The topological polar surface area (TPSA) is 40.5 Å². The summed E-state index contributed by atoms with van der Waals surface area (Å²) < 4.78 is 0.606. The largest absolute Gasteiger partial charge is 0.392 e. The highest BCUT2D eigenvalue weighted by atomic mass is 35.5. The maximum absolute atomic E-state index is 12.0. The van der Waals surface area contributed by atoms with Crippen LogP contribution in [0.3, 0.4) is 0 Å². The van der Waals surface area contributed by atoms with Crippen LogP contribution < -0.4 is 0 Å². The smallest absolute Gasteiger partial charge is 0.165 e. The highest BCUT2D eigenvalue weighted by Gasteiger charge is 2.20. The molecule has 1 saturated heterocycles. The van der Waals surface area contributed by atoms with Crippen molar-refractivity contribution in [1.82, 2.24) is 4.90 Å². The van der Waals surface area contributed by atoms with E-state index in [1.165, 1.54) is 11.3 Å². The second-order valence-corrected chi connectivity index (χ2v) is 6.67. The third-order valence-electron chi connectivity index (χ3n) is 3.24. The third kappa shape index (κ3) is 3.54. The van der Waals surface area contributed by atoms with E-state index in [0.29, 0.717) is 16.3 Å². The Morgan fingerprint density at radius 3 is 3.00 bits per heavy atom. The Morgan fingerprint density at radius 2 is 2.44 bits per heavy atom. The normalized spacial score (nSPS) is 20.5. The predicted molar refractivity (Wildman–Crippen MR) is 74.7 cm³/mol. The number of β-amino-alcohol motifs (C(OH)–C–C–N with tert-alkyl or cyclic N) is 1. The van der Waals surface area contributed by atoms with Crippen LogP contribution in [0.5, 0.6) is 0 Å². The van der Waals surface area contributed by atoms with Gasteiger partial charge in [-0.1, -0.05) is 11.6 Å². The highest BCUT2D eigenvalue weighted by molar-refractivity contribution is 7.16. The van der Waals surface area contributed by atoms with Gasteiger partial charge < -0.3 is 10.0 Å². The molecule has 1 atom stereocenters. The fraction of sp³-hybridized carbons (Fsp3) is 0.615. The number of carbonyl (C=O) groups is 1. The van der Waals surface area contributed by atoms with E-state index in [1.807, 2.05) is 13.0 Å². The van der Waals surface area contributed by atoms with Gasteiger partial charge in [-0.3, -0.25) is 4.79 Å². The van der Waals surface area contributed by atoms with Crippen LogP contribution in [0.1, 0.15) is 34.5 Å². The van der Waals surface area contributed by atoms with Crippen LogP contribution in [-0.2, 0) is 0 Å². The van der Waals surface area contributed by atoms with Crippen LogP contribution in [0.15, 0.2) is 6.07 Å². The van der Waals surface area contributed by atoms with Gasteiger partial charge in [0, 0.05) is 30.0 Å². The molecule has 0 aromatic carbocycles. The molecule has 3 nitrogen and oxygen atoms in total. The monoisotopic (exact) mass is 287 g/mol. The molecule has 1 fully saturated rings. The Balaban J connectivity index is 1.77. The van der Waals surface area contributed by atoms with Crippen molar-refractivity contribution in [2.45, 2.75) is 32.3 Å². The third-order valence-corrected chi connectivity index (χ3v) is 4.51. The Kier molecular flexibility index (Phi) is 4.78. The zero-order valence-corrected chi connectivity index (χ0v) is 12.1. The molecule has 1 aliphatic heterocycles. The molecule has 0 bridgehead atoms. The average molecular weight is 288 g/mol. The summed E-state index contributed by atoms with van der Waals surface area (Å²) in [6, 6.07) is 1.87. The molecular formula is C13H18ClNO2S. The second kappa shape index (κ2) is 6.15. The predicted octanol–water partition coefficient (Wildman–Crippen LogP) is 2.74. The number of ketones is 1. The van der Waals surface area contributed by atoms with Crippen molar-refractivity contribution in [3.63, 3.8) is 0 Å². The molecule has 0 saturated carbocycles. The Hall–Kier alpha value is -0.420. The molecule has 100 valence electrons. The van der Waals surface area contributed by atoms with Gasteiger partial charge in [-0.2, -0.15) is 0 Å². The van der Waals surface area contributed by atoms with Gasteiger partial charge in [-0.25, -0.2) is 0 Å². The van der Waals surface area contributed by atoms with Crippen LogP contribution in [0.2, 0.25) is 4.34 Å². The molecule has 0 amide bonds. The number of rotatable bonds is 5.